The third-order valence-corrected chi connectivity index (χ3v) is 4.14. The standard InChI is InChI=1S/C12H20ClN3O2/c1-9-10(11(13)16(2)15-9)7-14-12(8-17)3-5-18-6-4-12/h14,17H,3-8H2,1-2H3. The number of halogens is 1. The fraction of sp³-hybridized carbons (Fsp3) is 0.750. The minimum absolute atomic E-state index is 0.118. The molecule has 1 aliphatic rings. The Balaban J connectivity index is 2.05. The van der Waals surface area contributed by atoms with Crippen molar-refractivity contribution in [3.63, 3.8) is 0 Å². The van der Waals surface area contributed by atoms with Crippen LogP contribution in [0.2, 0.25) is 5.15 Å². The molecular formula is C12H20ClN3O2. The molecule has 102 valence electrons. The Morgan fingerprint density at radius 1 is 1.50 bits per heavy atom. The van der Waals surface area contributed by atoms with Gasteiger partial charge in [-0.1, -0.05) is 11.6 Å². The monoisotopic (exact) mass is 273 g/mol. The molecule has 0 unspecified atom stereocenters. The molecule has 0 saturated carbocycles. The highest BCUT2D eigenvalue weighted by atomic mass is 35.5. The fourth-order valence-corrected chi connectivity index (χ4v) is 2.54. The highest BCUT2D eigenvalue weighted by Crippen LogP contribution is 2.23. The van der Waals surface area contributed by atoms with E-state index in [1.165, 1.54) is 0 Å². The molecule has 0 radical (unpaired) electrons. The molecule has 0 spiro atoms. The number of nitrogens with one attached hydrogen (secondary N) is 1. The SMILES string of the molecule is Cc1nn(C)c(Cl)c1CNC1(CO)CCOCC1. The van der Waals surface area contributed by atoms with Crippen molar-refractivity contribution in [1.82, 2.24) is 15.1 Å². The summed E-state index contributed by atoms with van der Waals surface area (Å²) in [6.45, 7) is 4.06. The summed E-state index contributed by atoms with van der Waals surface area (Å²) in [7, 11) is 1.83. The molecule has 2 N–H and O–H groups in total. The average molecular weight is 274 g/mol. The molecule has 2 rings (SSSR count). The molecule has 1 aliphatic heterocycles. The van der Waals surface area contributed by atoms with Gasteiger partial charge in [-0.05, 0) is 19.8 Å². The number of aryl methyl sites for hydroxylation is 2. The topological polar surface area (TPSA) is 59.3 Å². The van der Waals surface area contributed by atoms with E-state index in [2.05, 4.69) is 10.4 Å². The first-order chi connectivity index (χ1) is 8.58. The summed E-state index contributed by atoms with van der Waals surface area (Å²) in [5, 5.41) is 18.0. The second kappa shape index (κ2) is 5.57. The van der Waals surface area contributed by atoms with Gasteiger partial charge in [0.2, 0.25) is 0 Å². The molecule has 1 fully saturated rings. The van der Waals surface area contributed by atoms with Crippen LogP contribution in [0.4, 0.5) is 0 Å². The zero-order valence-electron chi connectivity index (χ0n) is 10.9. The van der Waals surface area contributed by atoms with Crippen LogP contribution in [0.25, 0.3) is 0 Å². The molecule has 0 aliphatic carbocycles. The summed E-state index contributed by atoms with van der Waals surface area (Å²) in [4.78, 5) is 0. The van der Waals surface area contributed by atoms with Gasteiger partial charge < -0.3 is 15.2 Å². The largest absolute Gasteiger partial charge is 0.394 e. The highest BCUT2D eigenvalue weighted by molar-refractivity contribution is 6.30. The van der Waals surface area contributed by atoms with Crippen LogP contribution in [-0.4, -0.2) is 40.2 Å². The Hall–Kier alpha value is -0.620. The van der Waals surface area contributed by atoms with Crippen LogP contribution in [0.5, 0.6) is 0 Å². The Kier molecular flexibility index (Phi) is 4.27. The summed E-state index contributed by atoms with van der Waals surface area (Å²) in [5.41, 5.74) is 1.68. The minimum Gasteiger partial charge on any atom is -0.394 e. The van der Waals surface area contributed by atoms with Gasteiger partial charge in [0.05, 0.1) is 12.3 Å². The van der Waals surface area contributed by atoms with E-state index in [0.717, 1.165) is 24.1 Å². The summed E-state index contributed by atoms with van der Waals surface area (Å²) in [5.74, 6) is 0. The number of rotatable bonds is 4. The average Bonchev–Trinajstić information content (AvgIpc) is 2.62. The molecule has 1 aromatic rings. The fourth-order valence-electron chi connectivity index (χ4n) is 2.30. The molecule has 1 aromatic heterocycles. The molecule has 0 aromatic carbocycles. The lowest BCUT2D eigenvalue weighted by Gasteiger charge is -2.36. The van der Waals surface area contributed by atoms with Gasteiger partial charge in [0.1, 0.15) is 5.15 Å². The third-order valence-electron chi connectivity index (χ3n) is 3.66. The summed E-state index contributed by atoms with van der Waals surface area (Å²) in [6, 6.07) is 0. The molecule has 6 heteroatoms. The summed E-state index contributed by atoms with van der Waals surface area (Å²) in [6.07, 6.45) is 1.64. The number of hydrogen-bond acceptors (Lipinski definition) is 4. The van der Waals surface area contributed by atoms with E-state index >= 15 is 0 Å². The van der Waals surface area contributed by atoms with Gasteiger partial charge in [0, 0.05) is 37.9 Å². The Morgan fingerprint density at radius 2 is 2.17 bits per heavy atom. The lowest BCUT2D eigenvalue weighted by Crippen LogP contribution is -2.51. The normalized spacial score (nSPS) is 19.1. The van der Waals surface area contributed by atoms with Crippen molar-refractivity contribution in [3.8, 4) is 0 Å². The first kappa shape index (κ1) is 13.8. The molecule has 18 heavy (non-hydrogen) atoms. The van der Waals surface area contributed by atoms with Crippen molar-refractivity contribution in [3.05, 3.63) is 16.4 Å². The number of aromatic nitrogens is 2. The van der Waals surface area contributed by atoms with Gasteiger partial charge in [0.25, 0.3) is 0 Å². The molecule has 2 heterocycles. The number of hydrogen-bond donors (Lipinski definition) is 2. The smallest absolute Gasteiger partial charge is 0.131 e. The maximum Gasteiger partial charge on any atom is 0.131 e. The molecule has 1 saturated heterocycles. The second-order valence-corrected chi connectivity index (χ2v) is 5.24. The van der Waals surface area contributed by atoms with E-state index in [1.807, 2.05) is 14.0 Å². The van der Waals surface area contributed by atoms with E-state index in [4.69, 9.17) is 16.3 Å². The summed E-state index contributed by atoms with van der Waals surface area (Å²) < 4.78 is 7.01. The van der Waals surface area contributed by atoms with Crippen molar-refractivity contribution in [2.45, 2.75) is 31.8 Å². The minimum atomic E-state index is -0.246. The van der Waals surface area contributed by atoms with Crippen molar-refractivity contribution in [2.24, 2.45) is 7.05 Å². The van der Waals surface area contributed by atoms with E-state index < -0.39 is 0 Å². The Morgan fingerprint density at radius 3 is 2.67 bits per heavy atom. The van der Waals surface area contributed by atoms with Gasteiger partial charge in [-0.15, -0.1) is 0 Å². The van der Waals surface area contributed by atoms with Gasteiger partial charge in [-0.2, -0.15) is 5.10 Å². The molecule has 0 bridgehead atoms. The maximum atomic E-state index is 9.59. The first-order valence-corrected chi connectivity index (χ1v) is 6.57. The molecule has 0 amide bonds. The zero-order valence-corrected chi connectivity index (χ0v) is 11.6. The number of aliphatic hydroxyl groups excluding tert-OH is 1. The van der Waals surface area contributed by atoms with E-state index in [9.17, 15) is 5.11 Å². The van der Waals surface area contributed by atoms with Crippen LogP contribution in [0.3, 0.4) is 0 Å². The lowest BCUT2D eigenvalue weighted by atomic mass is 9.91. The van der Waals surface area contributed by atoms with Crippen molar-refractivity contribution in [1.29, 1.82) is 0 Å². The number of ether oxygens (including phenoxy) is 1. The predicted molar refractivity (Wildman–Crippen MR) is 69.7 cm³/mol. The Labute approximate surface area is 112 Å². The van der Waals surface area contributed by atoms with E-state index in [0.29, 0.717) is 24.9 Å². The van der Waals surface area contributed by atoms with Crippen molar-refractivity contribution in [2.75, 3.05) is 19.8 Å². The quantitative estimate of drug-likeness (QED) is 0.860. The van der Waals surface area contributed by atoms with Crippen LogP contribution in [0.1, 0.15) is 24.1 Å². The van der Waals surface area contributed by atoms with Gasteiger partial charge in [-0.25, -0.2) is 0 Å². The van der Waals surface area contributed by atoms with E-state index in [1.54, 1.807) is 4.68 Å². The lowest BCUT2D eigenvalue weighted by molar-refractivity contribution is 0.0111. The van der Waals surface area contributed by atoms with Crippen LogP contribution in [0.15, 0.2) is 0 Å². The van der Waals surface area contributed by atoms with Gasteiger partial charge in [-0.3, -0.25) is 4.68 Å². The van der Waals surface area contributed by atoms with Crippen LogP contribution in [-0.2, 0) is 18.3 Å². The number of aliphatic hydroxyl groups is 1. The van der Waals surface area contributed by atoms with Crippen LogP contribution >= 0.6 is 11.6 Å². The van der Waals surface area contributed by atoms with Gasteiger partial charge >= 0.3 is 0 Å². The number of nitrogens with zero attached hydrogens (tertiary/aromatic N) is 2. The van der Waals surface area contributed by atoms with Crippen LogP contribution in [0, 0.1) is 6.92 Å². The first-order valence-electron chi connectivity index (χ1n) is 6.19. The summed E-state index contributed by atoms with van der Waals surface area (Å²) >= 11 is 6.19. The molecule has 5 nitrogen and oxygen atoms in total. The highest BCUT2D eigenvalue weighted by Gasteiger charge is 2.31. The van der Waals surface area contributed by atoms with Crippen molar-refractivity contribution < 1.29 is 9.84 Å². The van der Waals surface area contributed by atoms with Crippen molar-refractivity contribution >= 4 is 11.6 Å². The maximum absolute atomic E-state index is 9.59. The molecule has 0 atom stereocenters. The van der Waals surface area contributed by atoms with Gasteiger partial charge in [0.15, 0.2) is 0 Å². The Bertz CT molecular complexity index is 414. The van der Waals surface area contributed by atoms with E-state index in [-0.39, 0.29) is 12.1 Å². The third kappa shape index (κ3) is 2.69. The zero-order chi connectivity index (χ0) is 13.2. The van der Waals surface area contributed by atoms with Crippen LogP contribution < -0.4 is 5.32 Å². The predicted octanol–water partition coefficient (Wildman–Crippen LogP) is 1.01. The molecular weight excluding hydrogens is 254 g/mol. The second-order valence-electron chi connectivity index (χ2n) is 4.88.